The zero-order valence-electron chi connectivity index (χ0n) is 9.38. The molecule has 5 heteroatoms. The van der Waals surface area contributed by atoms with E-state index in [2.05, 4.69) is 5.10 Å². The molecule has 0 fully saturated rings. The summed E-state index contributed by atoms with van der Waals surface area (Å²) in [6, 6.07) is 6.16. The lowest BCUT2D eigenvalue weighted by atomic mass is 10.3. The number of hydrogen-bond donors (Lipinski definition) is 1. The molecule has 2 rings (SSSR count). The molecule has 0 aliphatic carbocycles. The Labute approximate surface area is 98.3 Å². The highest BCUT2D eigenvalue weighted by Crippen LogP contribution is 2.23. The Bertz CT molecular complexity index is 497. The zero-order valence-corrected chi connectivity index (χ0v) is 9.38. The van der Waals surface area contributed by atoms with Gasteiger partial charge in [0.2, 0.25) is 0 Å². The van der Waals surface area contributed by atoms with E-state index in [-0.39, 0.29) is 5.75 Å². The lowest BCUT2D eigenvalue weighted by molar-refractivity contribution is 0.168. The molecule has 2 aromatic rings. The normalized spacial score (nSPS) is 12.4. The van der Waals surface area contributed by atoms with Gasteiger partial charge in [-0.2, -0.15) is 5.10 Å². The summed E-state index contributed by atoms with van der Waals surface area (Å²) in [4.78, 5) is 0. The molecule has 0 saturated carbocycles. The summed E-state index contributed by atoms with van der Waals surface area (Å²) >= 11 is 0. The van der Waals surface area contributed by atoms with Crippen molar-refractivity contribution in [2.75, 3.05) is 0 Å². The molecule has 0 spiro atoms. The van der Waals surface area contributed by atoms with Crippen LogP contribution in [0.25, 0.3) is 0 Å². The SMILES string of the molecule is CC(O)Cn1cc(Oc2ccccc2F)cn1. The second kappa shape index (κ2) is 4.97. The van der Waals surface area contributed by atoms with E-state index in [0.717, 1.165) is 0 Å². The number of aliphatic hydroxyl groups excluding tert-OH is 1. The van der Waals surface area contributed by atoms with Crippen LogP contribution in [0.1, 0.15) is 6.92 Å². The van der Waals surface area contributed by atoms with Gasteiger partial charge >= 0.3 is 0 Å². The van der Waals surface area contributed by atoms with E-state index < -0.39 is 11.9 Å². The van der Waals surface area contributed by atoms with Crippen LogP contribution in [0.4, 0.5) is 4.39 Å². The third kappa shape index (κ3) is 3.04. The van der Waals surface area contributed by atoms with Crippen molar-refractivity contribution in [3.05, 3.63) is 42.5 Å². The van der Waals surface area contributed by atoms with E-state index in [0.29, 0.717) is 12.3 Å². The molecule has 1 N–H and O–H groups in total. The molecular formula is C12H13FN2O2. The second-order valence-electron chi connectivity index (χ2n) is 3.78. The van der Waals surface area contributed by atoms with Gasteiger partial charge in [0.25, 0.3) is 0 Å². The Morgan fingerprint density at radius 2 is 2.24 bits per heavy atom. The summed E-state index contributed by atoms with van der Waals surface area (Å²) in [5.74, 6) is 0.177. The second-order valence-corrected chi connectivity index (χ2v) is 3.78. The number of hydrogen-bond acceptors (Lipinski definition) is 3. The zero-order chi connectivity index (χ0) is 12.3. The van der Waals surface area contributed by atoms with E-state index >= 15 is 0 Å². The molecule has 1 atom stereocenters. The molecule has 1 unspecified atom stereocenters. The van der Waals surface area contributed by atoms with Crippen LogP contribution in [0.15, 0.2) is 36.7 Å². The first-order valence-corrected chi connectivity index (χ1v) is 5.28. The summed E-state index contributed by atoms with van der Waals surface area (Å²) < 4.78 is 20.2. The smallest absolute Gasteiger partial charge is 0.165 e. The van der Waals surface area contributed by atoms with Crippen molar-refractivity contribution in [1.29, 1.82) is 0 Å². The molecule has 17 heavy (non-hydrogen) atoms. The van der Waals surface area contributed by atoms with Crippen LogP contribution < -0.4 is 4.74 Å². The molecule has 0 radical (unpaired) electrons. The van der Waals surface area contributed by atoms with E-state index in [9.17, 15) is 9.50 Å². The maximum Gasteiger partial charge on any atom is 0.165 e. The topological polar surface area (TPSA) is 47.3 Å². The molecule has 4 nitrogen and oxygen atoms in total. The predicted molar refractivity (Wildman–Crippen MR) is 60.4 cm³/mol. The Morgan fingerprint density at radius 3 is 2.94 bits per heavy atom. The van der Waals surface area contributed by atoms with E-state index in [1.807, 2.05) is 0 Å². The quantitative estimate of drug-likeness (QED) is 0.885. The summed E-state index contributed by atoms with van der Waals surface area (Å²) in [6.45, 7) is 2.04. The Kier molecular flexibility index (Phi) is 3.39. The Morgan fingerprint density at radius 1 is 1.47 bits per heavy atom. The first-order chi connectivity index (χ1) is 8.15. The molecule has 0 aliphatic heterocycles. The van der Waals surface area contributed by atoms with Crippen LogP contribution in [0.3, 0.4) is 0 Å². The molecule has 0 aliphatic rings. The van der Waals surface area contributed by atoms with Gasteiger partial charge in [0.05, 0.1) is 25.0 Å². The fraction of sp³-hybridized carbons (Fsp3) is 0.250. The van der Waals surface area contributed by atoms with Crippen LogP contribution in [-0.4, -0.2) is 21.0 Å². The van der Waals surface area contributed by atoms with E-state index in [1.165, 1.54) is 12.3 Å². The van der Waals surface area contributed by atoms with Crippen molar-refractivity contribution in [1.82, 2.24) is 9.78 Å². The highest BCUT2D eigenvalue weighted by atomic mass is 19.1. The highest BCUT2D eigenvalue weighted by molar-refractivity contribution is 5.29. The van der Waals surface area contributed by atoms with E-state index in [4.69, 9.17) is 4.74 Å². The number of benzene rings is 1. The molecule has 1 aromatic carbocycles. The average molecular weight is 236 g/mol. The van der Waals surface area contributed by atoms with Gasteiger partial charge in [-0.15, -0.1) is 0 Å². The summed E-state index contributed by atoms with van der Waals surface area (Å²) in [6.07, 6.45) is 2.60. The molecule has 0 saturated heterocycles. The molecule has 0 amide bonds. The van der Waals surface area contributed by atoms with Crippen LogP contribution in [0, 0.1) is 5.82 Å². The van der Waals surface area contributed by atoms with Gasteiger partial charge in [0, 0.05) is 0 Å². The van der Waals surface area contributed by atoms with E-state index in [1.54, 1.807) is 36.0 Å². The molecule has 0 bridgehead atoms. The van der Waals surface area contributed by atoms with Gasteiger partial charge in [-0.25, -0.2) is 4.39 Å². The van der Waals surface area contributed by atoms with Crippen molar-refractivity contribution < 1.29 is 14.2 Å². The fourth-order valence-corrected chi connectivity index (χ4v) is 1.42. The van der Waals surface area contributed by atoms with Crippen LogP contribution in [0.5, 0.6) is 11.5 Å². The summed E-state index contributed by atoms with van der Waals surface area (Å²) in [5, 5.41) is 13.2. The van der Waals surface area contributed by atoms with Crippen molar-refractivity contribution in [2.24, 2.45) is 0 Å². The fourth-order valence-electron chi connectivity index (χ4n) is 1.42. The monoisotopic (exact) mass is 236 g/mol. The van der Waals surface area contributed by atoms with Gasteiger partial charge in [-0.05, 0) is 19.1 Å². The van der Waals surface area contributed by atoms with Gasteiger partial charge in [0.1, 0.15) is 0 Å². The lowest BCUT2D eigenvalue weighted by Crippen LogP contribution is -2.11. The van der Waals surface area contributed by atoms with Crippen molar-refractivity contribution in [2.45, 2.75) is 19.6 Å². The third-order valence-corrected chi connectivity index (χ3v) is 2.13. The molecular weight excluding hydrogens is 223 g/mol. The molecule has 1 aromatic heterocycles. The number of aromatic nitrogens is 2. The summed E-state index contributed by atoms with van der Waals surface area (Å²) in [5.41, 5.74) is 0. The van der Waals surface area contributed by atoms with Crippen molar-refractivity contribution in [3.8, 4) is 11.5 Å². The number of nitrogens with zero attached hydrogens (tertiary/aromatic N) is 2. The Hall–Kier alpha value is -1.88. The first-order valence-electron chi connectivity index (χ1n) is 5.28. The number of para-hydroxylation sites is 1. The summed E-state index contributed by atoms with van der Waals surface area (Å²) in [7, 11) is 0. The average Bonchev–Trinajstić information content (AvgIpc) is 2.68. The minimum absolute atomic E-state index is 0.157. The number of aliphatic hydroxyl groups is 1. The predicted octanol–water partition coefficient (Wildman–Crippen LogP) is 2.20. The molecule has 1 heterocycles. The number of rotatable bonds is 4. The van der Waals surface area contributed by atoms with Crippen LogP contribution >= 0.6 is 0 Å². The number of halogens is 1. The third-order valence-electron chi connectivity index (χ3n) is 2.13. The number of ether oxygens (including phenoxy) is 1. The van der Waals surface area contributed by atoms with Gasteiger partial charge in [-0.3, -0.25) is 4.68 Å². The molecule has 90 valence electrons. The highest BCUT2D eigenvalue weighted by Gasteiger charge is 2.06. The first kappa shape index (κ1) is 11.6. The standard InChI is InChI=1S/C12H13FN2O2/c1-9(16)7-15-8-10(6-14-15)17-12-5-3-2-4-11(12)13/h2-6,8-9,16H,7H2,1H3. The maximum atomic E-state index is 13.3. The van der Waals surface area contributed by atoms with Crippen LogP contribution in [-0.2, 0) is 6.54 Å². The van der Waals surface area contributed by atoms with Crippen molar-refractivity contribution in [3.63, 3.8) is 0 Å². The minimum atomic E-state index is -0.490. The van der Waals surface area contributed by atoms with Crippen molar-refractivity contribution >= 4 is 0 Å². The minimum Gasteiger partial charge on any atom is -0.451 e. The largest absolute Gasteiger partial charge is 0.451 e. The van der Waals surface area contributed by atoms with Gasteiger partial charge < -0.3 is 9.84 Å². The van der Waals surface area contributed by atoms with Crippen LogP contribution in [0.2, 0.25) is 0 Å². The maximum absolute atomic E-state index is 13.3. The van der Waals surface area contributed by atoms with Gasteiger partial charge in [0.15, 0.2) is 17.3 Å². The van der Waals surface area contributed by atoms with Gasteiger partial charge in [-0.1, -0.05) is 12.1 Å². The Balaban J connectivity index is 2.09. The lowest BCUT2D eigenvalue weighted by Gasteiger charge is -2.04.